The van der Waals surface area contributed by atoms with Crippen molar-refractivity contribution in [3.63, 3.8) is 0 Å². The maximum atomic E-state index is 13.1. The fourth-order valence-corrected chi connectivity index (χ4v) is 4.23. The van der Waals surface area contributed by atoms with Crippen LogP contribution in [0.1, 0.15) is 39.0 Å². The first kappa shape index (κ1) is 17.7. The molecule has 128 valence electrons. The second-order valence-corrected chi connectivity index (χ2v) is 7.81. The summed E-state index contributed by atoms with van der Waals surface area (Å²) in [4.78, 5) is 12.6. The van der Waals surface area contributed by atoms with Crippen LogP contribution in [0.3, 0.4) is 0 Å². The van der Waals surface area contributed by atoms with Crippen LogP contribution in [0.5, 0.6) is 0 Å². The van der Waals surface area contributed by atoms with Gasteiger partial charge in [-0.15, -0.1) is 0 Å². The summed E-state index contributed by atoms with van der Waals surface area (Å²) < 4.78 is 38.6. The molecular formula is C16H23FN2O3S. The molecule has 0 saturated heterocycles. The number of hydrogen-bond donors (Lipinski definition) is 1. The van der Waals surface area contributed by atoms with Crippen LogP contribution < -0.4 is 9.62 Å². The summed E-state index contributed by atoms with van der Waals surface area (Å²) in [5.41, 5.74) is 0.294. The summed E-state index contributed by atoms with van der Waals surface area (Å²) in [6.45, 7) is 1.76. The highest BCUT2D eigenvalue weighted by Crippen LogP contribution is 2.24. The highest BCUT2D eigenvalue weighted by Gasteiger charge is 2.32. The Labute approximate surface area is 136 Å². The molecular weight excluding hydrogens is 319 g/mol. The van der Waals surface area contributed by atoms with Crippen LogP contribution in [0.25, 0.3) is 0 Å². The monoisotopic (exact) mass is 342 g/mol. The average molecular weight is 342 g/mol. The Kier molecular flexibility index (Phi) is 5.62. The lowest BCUT2D eigenvalue weighted by molar-refractivity contribution is -0.122. The van der Waals surface area contributed by atoms with Gasteiger partial charge in [0.25, 0.3) is 0 Å². The van der Waals surface area contributed by atoms with Gasteiger partial charge in [0.2, 0.25) is 15.9 Å². The quantitative estimate of drug-likeness (QED) is 0.863. The van der Waals surface area contributed by atoms with Gasteiger partial charge in [-0.05, 0) is 43.5 Å². The van der Waals surface area contributed by atoms with Crippen LogP contribution in [0.15, 0.2) is 24.3 Å². The summed E-state index contributed by atoms with van der Waals surface area (Å²) in [6, 6.07) is 4.41. The molecule has 1 atom stereocenters. The third-order valence-corrected chi connectivity index (χ3v) is 5.29. The molecule has 0 spiro atoms. The van der Waals surface area contributed by atoms with Crippen molar-refractivity contribution in [3.8, 4) is 0 Å². The molecule has 0 radical (unpaired) electrons. The number of carbonyl (C=O) groups excluding carboxylic acids is 1. The van der Waals surface area contributed by atoms with E-state index in [1.165, 1.54) is 24.3 Å². The van der Waals surface area contributed by atoms with Crippen molar-refractivity contribution in [2.75, 3.05) is 10.6 Å². The topological polar surface area (TPSA) is 66.5 Å². The second kappa shape index (κ2) is 7.29. The van der Waals surface area contributed by atoms with E-state index >= 15 is 0 Å². The predicted octanol–water partition coefficient (Wildman–Crippen LogP) is 2.43. The van der Waals surface area contributed by atoms with Gasteiger partial charge in [0, 0.05) is 6.04 Å². The minimum Gasteiger partial charge on any atom is -0.352 e. The number of amides is 1. The van der Waals surface area contributed by atoms with Gasteiger partial charge in [-0.3, -0.25) is 9.10 Å². The number of rotatable bonds is 6. The molecule has 0 aliphatic heterocycles. The fraction of sp³-hybridized carbons (Fsp3) is 0.562. The zero-order valence-electron chi connectivity index (χ0n) is 13.5. The van der Waals surface area contributed by atoms with Crippen molar-refractivity contribution in [2.24, 2.45) is 0 Å². The summed E-state index contributed by atoms with van der Waals surface area (Å²) in [5.74, 6) is -0.750. The number of nitrogens with one attached hydrogen (secondary N) is 1. The molecule has 1 fully saturated rings. The lowest BCUT2D eigenvalue weighted by Crippen LogP contribution is -2.51. The molecule has 1 aliphatic rings. The van der Waals surface area contributed by atoms with Gasteiger partial charge in [-0.2, -0.15) is 0 Å². The van der Waals surface area contributed by atoms with Crippen LogP contribution in [0, 0.1) is 5.82 Å². The average Bonchev–Trinajstić information content (AvgIpc) is 2.97. The summed E-state index contributed by atoms with van der Waals surface area (Å²) in [7, 11) is -3.67. The molecule has 1 aromatic rings. The smallest absolute Gasteiger partial charge is 0.244 e. The Bertz CT molecular complexity index is 640. The third-order valence-electron chi connectivity index (χ3n) is 4.11. The Morgan fingerprint density at radius 1 is 1.30 bits per heavy atom. The highest BCUT2D eigenvalue weighted by molar-refractivity contribution is 7.92. The van der Waals surface area contributed by atoms with E-state index in [-0.39, 0.29) is 11.9 Å². The standard InChI is InChI=1S/C16H23FN2O3S/c1-3-15(16(20)18-13-6-4-5-7-13)19(23(2,21)22)14-10-8-12(17)9-11-14/h8-11,13,15H,3-7H2,1-2H3,(H,18,20)/t15-/m0/s1. The molecule has 1 amide bonds. The van der Waals surface area contributed by atoms with Gasteiger partial charge < -0.3 is 5.32 Å². The van der Waals surface area contributed by atoms with Crippen LogP contribution >= 0.6 is 0 Å². The van der Waals surface area contributed by atoms with E-state index in [1.807, 2.05) is 0 Å². The second-order valence-electron chi connectivity index (χ2n) is 5.95. The highest BCUT2D eigenvalue weighted by atomic mass is 32.2. The van der Waals surface area contributed by atoms with Gasteiger partial charge >= 0.3 is 0 Å². The van der Waals surface area contributed by atoms with Crippen LogP contribution in [-0.4, -0.2) is 32.7 Å². The summed E-state index contributed by atoms with van der Waals surface area (Å²) >= 11 is 0. The Hall–Kier alpha value is -1.63. The van der Waals surface area contributed by atoms with Gasteiger partial charge in [0.05, 0.1) is 11.9 Å². The normalized spacial score (nSPS) is 17.0. The molecule has 1 aliphatic carbocycles. The van der Waals surface area contributed by atoms with Crippen LogP contribution in [-0.2, 0) is 14.8 Å². The van der Waals surface area contributed by atoms with E-state index in [9.17, 15) is 17.6 Å². The number of benzene rings is 1. The molecule has 0 bridgehead atoms. The van der Waals surface area contributed by atoms with E-state index in [1.54, 1.807) is 6.92 Å². The van der Waals surface area contributed by atoms with Gasteiger partial charge in [-0.1, -0.05) is 19.8 Å². The van der Waals surface area contributed by atoms with Crippen LogP contribution in [0.4, 0.5) is 10.1 Å². The number of sulfonamides is 1. The van der Waals surface area contributed by atoms with Crippen molar-refractivity contribution in [2.45, 2.75) is 51.1 Å². The lowest BCUT2D eigenvalue weighted by Gasteiger charge is -2.31. The van der Waals surface area contributed by atoms with Crippen molar-refractivity contribution in [3.05, 3.63) is 30.1 Å². The molecule has 1 saturated carbocycles. The van der Waals surface area contributed by atoms with Crippen molar-refractivity contribution < 1.29 is 17.6 Å². The molecule has 0 heterocycles. The third kappa shape index (κ3) is 4.43. The Morgan fingerprint density at radius 2 is 1.87 bits per heavy atom. The van der Waals surface area contributed by atoms with E-state index in [0.717, 1.165) is 36.2 Å². The van der Waals surface area contributed by atoms with E-state index in [4.69, 9.17) is 0 Å². The van der Waals surface area contributed by atoms with E-state index < -0.39 is 21.9 Å². The first-order chi connectivity index (χ1) is 10.8. The fourth-order valence-electron chi connectivity index (χ4n) is 3.02. The molecule has 7 heteroatoms. The number of halogens is 1. The molecule has 0 aromatic heterocycles. The SMILES string of the molecule is CC[C@@H](C(=O)NC1CCCC1)N(c1ccc(F)cc1)S(C)(=O)=O. The van der Waals surface area contributed by atoms with Crippen molar-refractivity contribution >= 4 is 21.6 Å². The number of hydrogen-bond acceptors (Lipinski definition) is 3. The zero-order valence-corrected chi connectivity index (χ0v) is 14.3. The van der Waals surface area contributed by atoms with Gasteiger partial charge in [0.1, 0.15) is 11.9 Å². The van der Waals surface area contributed by atoms with Gasteiger partial charge in [0.15, 0.2) is 0 Å². The number of nitrogens with zero attached hydrogens (tertiary/aromatic N) is 1. The summed E-state index contributed by atoms with van der Waals surface area (Å²) in [5, 5.41) is 2.94. The van der Waals surface area contributed by atoms with E-state index in [0.29, 0.717) is 12.1 Å². The molecule has 5 nitrogen and oxygen atoms in total. The first-order valence-corrected chi connectivity index (χ1v) is 9.73. The number of carbonyl (C=O) groups is 1. The van der Waals surface area contributed by atoms with Crippen molar-refractivity contribution in [1.29, 1.82) is 0 Å². The summed E-state index contributed by atoms with van der Waals surface area (Å²) in [6.07, 6.45) is 5.41. The molecule has 0 unspecified atom stereocenters. The Balaban J connectivity index is 2.28. The number of anilines is 1. The first-order valence-electron chi connectivity index (χ1n) is 7.88. The van der Waals surface area contributed by atoms with Gasteiger partial charge in [-0.25, -0.2) is 12.8 Å². The minimum atomic E-state index is -3.67. The largest absolute Gasteiger partial charge is 0.352 e. The molecule has 1 N–H and O–H groups in total. The van der Waals surface area contributed by atoms with Crippen molar-refractivity contribution in [1.82, 2.24) is 5.32 Å². The maximum Gasteiger partial charge on any atom is 0.244 e. The lowest BCUT2D eigenvalue weighted by atomic mass is 10.1. The zero-order chi connectivity index (χ0) is 17.0. The van der Waals surface area contributed by atoms with Crippen LogP contribution in [0.2, 0.25) is 0 Å². The minimum absolute atomic E-state index is 0.117. The predicted molar refractivity (Wildman–Crippen MR) is 88.2 cm³/mol. The molecule has 1 aromatic carbocycles. The molecule has 23 heavy (non-hydrogen) atoms. The Morgan fingerprint density at radius 3 is 2.35 bits per heavy atom. The van der Waals surface area contributed by atoms with E-state index in [2.05, 4.69) is 5.32 Å². The molecule has 2 rings (SSSR count). The maximum absolute atomic E-state index is 13.1.